The van der Waals surface area contributed by atoms with Crippen LogP contribution in [0.25, 0.3) is 0 Å². The van der Waals surface area contributed by atoms with Crippen molar-refractivity contribution in [2.24, 2.45) is 5.73 Å². The third kappa shape index (κ3) is 4.29. The molecule has 4 heteroatoms. The molecule has 1 aromatic carbocycles. The van der Waals surface area contributed by atoms with E-state index in [-0.39, 0.29) is 11.9 Å². The average Bonchev–Trinajstić information content (AvgIpc) is 2.93. The third-order valence-electron chi connectivity index (χ3n) is 4.08. The fourth-order valence-electron chi connectivity index (χ4n) is 2.72. The minimum Gasteiger partial charge on any atom is -0.353 e. The Labute approximate surface area is 127 Å². The molecule has 1 aromatic rings. The van der Waals surface area contributed by atoms with Gasteiger partial charge in [0, 0.05) is 6.54 Å². The van der Waals surface area contributed by atoms with Gasteiger partial charge in [0.05, 0.1) is 11.6 Å². The van der Waals surface area contributed by atoms with Crippen LogP contribution in [-0.4, -0.2) is 36.0 Å². The molecule has 0 bridgehead atoms. The molecule has 3 N–H and O–H groups in total. The first kappa shape index (κ1) is 16.0. The number of likely N-dealkylation sites (tertiary alicyclic amines) is 1. The second-order valence-electron chi connectivity index (χ2n) is 6.60. The molecule has 21 heavy (non-hydrogen) atoms. The fourth-order valence-corrected chi connectivity index (χ4v) is 2.72. The van der Waals surface area contributed by atoms with Crippen molar-refractivity contribution in [2.75, 3.05) is 19.6 Å². The van der Waals surface area contributed by atoms with Crippen molar-refractivity contribution in [3.05, 3.63) is 35.4 Å². The Balaban J connectivity index is 2.09. The van der Waals surface area contributed by atoms with Crippen molar-refractivity contribution in [2.45, 2.75) is 45.2 Å². The van der Waals surface area contributed by atoms with Crippen molar-refractivity contribution in [1.82, 2.24) is 10.2 Å². The van der Waals surface area contributed by atoms with Gasteiger partial charge in [-0.3, -0.25) is 9.69 Å². The Kier molecular flexibility index (Phi) is 5.01. The molecule has 0 radical (unpaired) electrons. The van der Waals surface area contributed by atoms with Crippen LogP contribution in [0.4, 0.5) is 0 Å². The lowest BCUT2D eigenvalue weighted by Crippen LogP contribution is -2.50. The Bertz CT molecular complexity index is 470. The number of carbonyl (C=O) groups excluding carboxylic acids is 1. The monoisotopic (exact) mass is 289 g/mol. The smallest absolute Gasteiger partial charge is 0.239 e. The summed E-state index contributed by atoms with van der Waals surface area (Å²) >= 11 is 0. The van der Waals surface area contributed by atoms with E-state index in [1.165, 1.54) is 24.0 Å². The topological polar surface area (TPSA) is 58.4 Å². The molecule has 0 aromatic heterocycles. The number of hydrogen-bond donors (Lipinski definition) is 2. The molecule has 4 nitrogen and oxygen atoms in total. The number of amides is 1. The van der Waals surface area contributed by atoms with E-state index in [1.807, 2.05) is 0 Å². The first-order valence-corrected chi connectivity index (χ1v) is 7.76. The van der Waals surface area contributed by atoms with Crippen LogP contribution >= 0.6 is 0 Å². The summed E-state index contributed by atoms with van der Waals surface area (Å²) in [6.07, 6.45) is 2.47. The summed E-state index contributed by atoms with van der Waals surface area (Å²) in [7, 11) is 0. The van der Waals surface area contributed by atoms with Crippen molar-refractivity contribution in [1.29, 1.82) is 0 Å². The van der Waals surface area contributed by atoms with Crippen LogP contribution in [0.15, 0.2) is 24.3 Å². The number of aryl methyl sites for hydroxylation is 1. The molecule has 0 spiro atoms. The van der Waals surface area contributed by atoms with E-state index >= 15 is 0 Å². The Morgan fingerprint density at radius 2 is 1.86 bits per heavy atom. The minimum atomic E-state index is -0.831. The molecule has 1 unspecified atom stereocenters. The van der Waals surface area contributed by atoms with Gasteiger partial charge in [0.15, 0.2) is 0 Å². The number of benzene rings is 1. The fraction of sp³-hybridized carbons (Fsp3) is 0.588. The molecule has 1 aliphatic heterocycles. The molecule has 1 heterocycles. The van der Waals surface area contributed by atoms with E-state index in [0.717, 1.165) is 13.1 Å². The zero-order chi connectivity index (χ0) is 15.5. The first-order chi connectivity index (χ1) is 9.88. The van der Waals surface area contributed by atoms with E-state index in [9.17, 15) is 4.79 Å². The summed E-state index contributed by atoms with van der Waals surface area (Å²) in [4.78, 5) is 14.5. The summed E-state index contributed by atoms with van der Waals surface area (Å²) in [5, 5.41) is 3.01. The number of hydrogen-bond acceptors (Lipinski definition) is 3. The number of rotatable bonds is 5. The van der Waals surface area contributed by atoms with Crippen LogP contribution in [0.5, 0.6) is 0 Å². The maximum atomic E-state index is 12.0. The van der Waals surface area contributed by atoms with Crippen LogP contribution in [-0.2, 0) is 4.79 Å². The number of nitrogens with two attached hydrogens (primary N) is 1. The molecule has 1 amide bonds. The Morgan fingerprint density at radius 3 is 2.38 bits per heavy atom. The second-order valence-corrected chi connectivity index (χ2v) is 6.60. The van der Waals surface area contributed by atoms with Crippen molar-refractivity contribution >= 4 is 5.91 Å². The summed E-state index contributed by atoms with van der Waals surface area (Å²) in [6.45, 7) is 8.37. The molecule has 1 fully saturated rings. The maximum Gasteiger partial charge on any atom is 0.239 e. The van der Waals surface area contributed by atoms with Gasteiger partial charge in [0.1, 0.15) is 0 Å². The van der Waals surface area contributed by atoms with Crippen LogP contribution in [0.2, 0.25) is 0 Å². The average molecular weight is 289 g/mol. The summed E-state index contributed by atoms with van der Waals surface area (Å²) < 4.78 is 0. The molecule has 1 atom stereocenters. The highest BCUT2D eigenvalue weighted by atomic mass is 16.2. The van der Waals surface area contributed by atoms with Gasteiger partial charge < -0.3 is 11.1 Å². The molecule has 2 rings (SSSR count). The maximum absolute atomic E-state index is 12.0. The lowest BCUT2D eigenvalue weighted by Gasteiger charge is -2.29. The molecule has 0 saturated carbocycles. The van der Waals surface area contributed by atoms with Crippen LogP contribution in [0, 0.1) is 6.92 Å². The quantitative estimate of drug-likeness (QED) is 0.871. The van der Waals surface area contributed by atoms with Gasteiger partial charge in [-0.2, -0.15) is 0 Å². The van der Waals surface area contributed by atoms with Crippen LogP contribution in [0.3, 0.4) is 0 Å². The van der Waals surface area contributed by atoms with Crippen LogP contribution < -0.4 is 11.1 Å². The van der Waals surface area contributed by atoms with E-state index in [4.69, 9.17) is 5.73 Å². The van der Waals surface area contributed by atoms with Gasteiger partial charge in [0.25, 0.3) is 0 Å². The zero-order valence-corrected chi connectivity index (χ0v) is 13.4. The van der Waals surface area contributed by atoms with E-state index in [2.05, 4.69) is 41.4 Å². The standard InChI is InChI=1S/C17H27N3O/c1-13-6-8-14(9-7-13)15(20-10-4-5-11-20)12-19-16(21)17(2,3)18/h6-9,15H,4-5,10-12,18H2,1-3H3,(H,19,21). The van der Waals surface area contributed by atoms with Gasteiger partial charge >= 0.3 is 0 Å². The first-order valence-electron chi connectivity index (χ1n) is 7.76. The van der Waals surface area contributed by atoms with Gasteiger partial charge in [-0.1, -0.05) is 29.8 Å². The van der Waals surface area contributed by atoms with Crippen molar-refractivity contribution in [3.8, 4) is 0 Å². The van der Waals surface area contributed by atoms with Crippen molar-refractivity contribution < 1.29 is 4.79 Å². The van der Waals surface area contributed by atoms with Gasteiger partial charge in [-0.25, -0.2) is 0 Å². The predicted molar refractivity (Wildman–Crippen MR) is 86.0 cm³/mol. The summed E-state index contributed by atoms with van der Waals surface area (Å²) in [5.41, 5.74) is 7.54. The highest BCUT2D eigenvalue weighted by molar-refractivity contribution is 5.85. The molecular formula is C17H27N3O. The highest BCUT2D eigenvalue weighted by Gasteiger charge is 2.26. The second kappa shape index (κ2) is 6.58. The van der Waals surface area contributed by atoms with E-state index in [0.29, 0.717) is 6.54 Å². The number of carbonyl (C=O) groups is 1. The predicted octanol–water partition coefficient (Wildman–Crippen LogP) is 1.99. The van der Waals surface area contributed by atoms with Crippen molar-refractivity contribution in [3.63, 3.8) is 0 Å². The van der Waals surface area contributed by atoms with E-state index < -0.39 is 5.54 Å². The van der Waals surface area contributed by atoms with E-state index in [1.54, 1.807) is 13.8 Å². The lowest BCUT2D eigenvalue weighted by molar-refractivity contribution is -0.125. The number of nitrogens with one attached hydrogen (secondary N) is 1. The summed E-state index contributed by atoms with van der Waals surface area (Å²) in [6, 6.07) is 8.83. The molecule has 1 saturated heterocycles. The molecule has 1 aliphatic rings. The zero-order valence-electron chi connectivity index (χ0n) is 13.4. The molecule has 0 aliphatic carbocycles. The highest BCUT2D eigenvalue weighted by Crippen LogP contribution is 2.25. The van der Waals surface area contributed by atoms with Crippen LogP contribution in [0.1, 0.15) is 43.9 Å². The Morgan fingerprint density at radius 1 is 1.29 bits per heavy atom. The van der Waals surface area contributed by atoms with Gasteiger partial charge in [0.2, 0.25) is 5.91 Å². The minimum absolute atomic E-state index is 0.0983. The van der Waals surface area contributed by atoms with Gasteiger partial charge in [-0.05, 0) is 52.3 Å². The molecular weight excluding hydrogens is 262 g/mol. The number of nitrogens with zero attached hydrogens (tertiary/aromatic N) is 1. The normalized spacial score (nSPS) is 17.7. The largest absolute Gasteiger partial charge is 0.353 e. The summed E-state index contributed by atoms with van der Waals surface area (Å²) in [5.74, 6) is -0.0983. The Hall–Kier alpha value is -1.39. The van der Waals surface area contributed by atoms with Gasteiger partial charge in [-0.15, -0.1) is 0 Å². The lowest BCUT2D eigenvalue weighted by atomic mass is 10.0. The molecule has 116 valence electrons. The third-order valence-corrected chi connectivity index (χ3v) is 4.08. The SMILES string of the molecule is Cc1ccc(C(CNC(=O)C(C)(C)N)N2CCCC2)cc1.